The van der Waals surface area contributed by atoms with Crippen molar-refractivity contribution in [1.29, 1.82) is 0 Å². The van der Waals surface area contributed by atoms with Crippen LogP contribution in [0.4, 0.5) is 21.0 Å². The Hall–Kier alpha value is -5.91. The molecule has 0 radical (unpaired) electrons. The molecule has 3 heterocycles. The van der Waals surface area contributed by atoms with E-state index < -0.39 is 34.1 Å². The molecule has 56 heavy (non-hydrogen) atoms. The van der Waals surface area contributed by atoms with Crippen molar-refractivity contribution in [1.82, 2.24) is 20.0 Å². The van der Waals surface area contributed by atoms with Gasteiger partial charge in [0.05, 0.1) is 17.0 Å². The summed E-state index contributed by atoms with van der Waals surface area (Å²) in [7, 11) is 1.60. The smallest absolute Gasteiger partial charge is 0.410 e. The van der Waals surface area contributed by atoms with E-state index >= 15 is 0 Å². The van der Waals surface area contributed by atoms with Gasteiger partial charge in [0.1, 0.15) is 31.0 Å². The van der Waals surface area contributed by atoms with Crippen molar-refractivity contribution >= 4 is 47.1 Å². The zero-order valence-corrected chi connectivity index (χ0v) is 31.5. The summed E-state index contributed by atoms with van der Waals surface area (Å²) in [4.78, 5) is 79.4. The second kappa shape index (κ2) is 18.1. The van der Waals surface area contributed by atoms with Gasteiger partial charge in [-0.15, -0.1) is 0 Å². The van der Waals surface area contributed by atoms with Gasteiger partial charge in [-0.25, -0.2) is 9.59 Å². The highest BCUT2D eigenvalue weighted by Crippen LogP contribution is 2.33. The highest BCUT2D eigenvalue weighted by atomic mass is 32.2. The van der Waals surface area contributed by atoms with Crippen LogP contribution in [0.1, 0.15) is 42.4 Å². The maximum absolute atomic E-state index is 14.1. The molecule has 0 unspecified atom stereocenters. The first kappa shape index (κ1) is 39.8. The summed E-state index contributed by atoms with van der Waals surface area (Å²) in [6.45, 7) is 0.975. The molecule has 296 valence electrons. The number of thioether (sulfide) groups is 1. The van der Waals surface area contributed by atoms with Gasteiger partial charge in [-0.3, -0.25) is 39.6 Å². The molecule has 3 aliphatic heterocycles. The molecule has 3 saturated heterocycles. The van der Waals surface area contributed by atoms with Crippen molar-refractivity contribution < 1.29 is 43.2 Å². The number of hydrogen-bond acceptors (Lipinski definition) is 12. The number of non-ortho nitro benzene ring substituents is 2. The Labute approximate surface area is 326 Å². The maximum atomic E-state index is 14.1. The first-order valence-corrected chi connectivity index (χ1v) is 19.2. The van der Waals surface area contributed by atoms with Crippen LogP contribution in [-0.2, 0) is 38.0 Å². The first-order valence-electron chi connectivity index (χ1n) is 18.2. The zero-order valence-electron chi connectivity index (χ0n) is 30.7. The molecule has 18 heteroatoms. The molecule has 1 N–H and O–H groups in total. The van der Waals surface area contributed by atoms with Crippen molar-refractivity contribution in [3.8, 4) is 5.75 Å². The predicted octanol–water partition coefficient (Wildman–Crippen LogP) is 5.04. The van der Waals surface area contributed by atoms with Crippen molar-refractivity contribution in [3.63, 3.8) is 0 Å². The molecule has 3 aromatic rings. The number of nitrogens with zero attached hydrogens (tertiary/aromatic N) is 5. The highest BCUT2D eigenvalue weighted by Gasteiger charge is 2.44. The molecule has 3 aromatic carbocycles. The Morgan fingerprint density at radius 1 is 0.750 bits per heavy atom. The lowest BCUT2D eigenvalue weighted by Gasteiger charge is -2.28. The number of carbonyl (C=O) groups excluding carboxylic acids is 4. The van der Waals surface area contributed by atoms with Crippen molar-refractivity contribution in [3.05, 3.63) is 110 Å². The second-order valence-electron chi connectivity index (χ2n) is 13.8. The summed E-state index contributed by atoms with van der Waals surface area (Å²) >= 11 is 1.63. The van der Waals surface area contributed by atoms with Crippen LogP contribution in [0.5, 0.6) is 5.75 Å². The van der Waals surface area contributed by atoms with Gasteiger partial charge >= 0.3 is 12.2 Å². The number of methoxy groups -OCH3 is 1. The highest BCUT2D eigenvalue weighted by molar-refractivity contribution is 7.99. The molecule has 0 bridgehead atoms. The fourth-order valence-corrected chi connectivity index (χ4v) is 8.22. The molecule has 0 saturated carbocycles. The van der Waals surface area contributed by atoms with Crippen LogP contribution in [0.2, 0.25) is 0 Å². The third kappa shape index (κ3) is 9.84. The standard InChI is InChI=1S/C38H42N6O11S/c1-53-31-14-8-27(9-15-31)24-56-32-19-34(42(21-32)38(48)55-23-26-6-12-30(13-7-26)44(51)52)36(46)40-18-16-28(20-40)39-35(45)33-3-2-17-41(33)37(47)54-22-25-4-10-29(11-5-25)43(49)50/h4-15,28,32-34H,2-3,16-24H2,1H3,(H,39,45)/t28-,32-,33-,34-/m0/s1. The molecule has 0 aliphatic carbocycles. The van der Waals surface area contributed by atoms with Gasteiger partial charge in [0.2, 0.25) is 11.8 Å². The summed E-state index contributed by atoms with van der Waals surface area (Å²) in [5, 5.41) is 24.9. The largest absolute Gasteiger partial charge is 0.497 e. The third-order valence-corrected chi connectivity index (χ3v) is 11.4. The summed E-state index contributed by atoms with van der Waals surface area (Å²) in [6.07, 6.45) is 0.615. The first-order chi connectivity index (χ1) is 27.0. The number of nitro benzene ring substituents is 2. The fraction of sp³-hybridized carbons (Fsp3) is 0.421. The molecule has 4 amide bonds. The normalized spacial score (nSPS) is 20.4. The lowest BCUT2D eigenvalue weighted by Crippen LogP contribution is -2.51. The molecule has 3 aliphatic rings. The summed E-state index contributed by atoms with van der Waals surface area (Å²) in [5.41, 5.74) is 2.04. The minimum absolute atomic E-state index is 0.0652. The summed E-state index contributed by atoms with van der Waals surface area (Å²) in [5.74, 6) is 0.800. The molecule has 4 atom stereocenters. The third-order valence-electron chi connectivity index (χ3n) is 10.1. The molecule has 0 aromatic heterocycles. The van der Waals surface area contributed by atoms with E-state index in [1.54, 1.807) is 23.8 Å². The van der Waals surface area contributed by atoms with Gasteiger partial charge in [0.25, 0.3) is 11.4 Å². The van der Waals surface area contributed by atoms with Gasteiger partial charge in [-0.1, -0.05) is 12.1 Å². The monoisotopic (exact) mass is 790 g/mol. The van der Waals surface area contributed by atoms with E-state index in [1.807, 2.05) is 24.3 Å². The number of ether oxygens (including phenoxy) is 3. The predicted molar refractivity (Wildman–Crippen MR) is 203 cm³/mol. The SMILES string of the molecule is COc1ccc(CS[C@H]2C[C@@H](C(=O)N3CC[C@H](NC(=O)[C@@H]4CCCN4C(=O)OCc4ccc([N+](=O)[O-])cc4)C3)N(C(=O)OCc3ccc([N+](=O)[O-])cc3)C2)cc1. The van der Waals surface area contributed by atoms with Crippen molar-refractivity contribution in [2.75, 3.05) is 33.3 Å². The van der Waals surface area contributed by atoms with E-state index in [1.165, 1.54) is 58.3 Å². The summed E-state index contributed by atoms with van der Waals surface area (Å²) < 4.78 is 16.3. The van der Waals surface area contributed by atoms with Crippen LogP contribution >= 0.6 is 11.8 Å². The van der Waals surface area contributed by atoms with E-state index in [0.717, 1.165) is 11.3 Å². The lowest BCUT2D eigenvalue weighted by atomic mass is 10.1. The van der Waals surface area contributed by atoms with Gasteiger partial charge in [0, 0.05) is 67.5 Å². The van der Waals surface area contributed by atoms with Crippen LogP contribution in [0, 0.1) is 20.2 Å². The fourth-order valence-electron chi connectivity index (χ4n) is 7.02. The Kier molecular flexibility index (Phi) is 12.9. The lowest BCUT2D eigenvalue weighted by molar-refractivity contribution is -0.385. The average Bonchev–Trinajstić information content (AvgIpc) is 3.99. The van der Waals surface area contributed by atoms with Gasteiger partial charge < -0.3 is 24.4 Å². The van der Waals surface area contributed by atoms with Crippen LogP contribution in [0.15, 0.2) is 72.8 Å². The quantitative estimate of drug-likeness (QED) is 0.179. The number of nitro groups is 2. The Balaban J connectivity index is 1.04. The average molecular weight is 791 g/mol. The van der Waals surface area contributed by atoms with E-state index in [4.69, 9.17) is 14.2 Å². The number of hydrogen-bond donors (Lipinski definition) is 1. The van der Waals surface area contributed by atoms with Gasteiger partial charge in [-0.2, -0.15) is 11.8 Å². The van der Waals surface area contributed by atoms with E-state index in [9.17, 15) is 39.4 Å². The van der Waals surface area contributed by atoms with E-state index in [0.29, 0.717) is 55.7 Å². The summed E-state index contributed by atoms with van der Waals surface area (Å²) in [6, 6.07) is 17.1. The Morgan fingerprint density at radius 3 is 1.89 bits per heavy atom. The topological polar surface area (TPSA) is 204 Å². The number of carbonyl (C=O) groups is 4. The van der Waals surface area contributed by atoms with Crippen LogP contribution in [0.25, 0.3) is 0 Å². The molecule has 6 rings (SSSR count). The van der Waals surface area contributed by atoms with Gasteiger partial charge in [0.15, 0.2) is 0 Å². The van der Waals surface area contributed by atoms with Gasteiger partial charge in [-0.05, 0) is 78.8 Å². The number of nitrogens with one attached hydrogen (secondary N) is 1. The maximum Gasteiger partial charge on any atom is 0.410 e. The molecule has 3 fully saturated rings. The minimum atomic E-state index is -0.793. The second-order valence-corrected chi connectivity index (χ2v) is 15.1. The number of benzene rings is 3. The number of likely N-dealkylation sites (tertiary alicyclic amines) is 3. The molecule has 0 spiro atoms. The minimum Gasteiger partial charge on any atom is -0.497 e. The van der Waals surface area contributed by atoms with Crippen LogP contribution in [0.3, 0.4) is 0 Å². The van der Waals surface area contributed by atoms with Crippen LogP contribution < -0.4 is 10.1 Å². The van der Waals surface area contributed by atoms with Crippen molar-refractivity contribution in [2.45, 2.75) is 68.0 Å². The number of rotatable bonds is 13. The van der Waals surface area contributed by atoms with E-state index in [-0.39, 0.29) is 60.8 Å². The zero-order chi connectivity index (χ0) is 39.8. The van der Waals surface area contributed by atoms with Crippen LogP contribution in [-0.4, -0.2) is 105 Å². The molecular formula is C38H42N6O11S. The Bertz CT molecular complexity index is 1910. The molecule has 17 nitrogen and oxygen atoms in total. The van der Waals surface area contributed by atoms with Crippen molar-refractivity contribution in [2.24, 2.45) is 0 Å². The number of amides is 4. The Morgan fingerprint density at radius 2 is 1.32 bits per heavy atom. The molecular weight excluding hydrogens is 749 g/mol. The van der Waals surface area contributed by atoms with E-state index in [2.05, 4.69) is 5.32 Å².